The molecule has 26 heavy (non-hydrogen) atoms. The molecule has 4 rings (SSSR count). The van der Waals surface area contributed by atoms with Crippen molar-refractivity contribution in [3.8, 4) is 0 Å². The Morgan fingerprint density at radius 1 is 1.04 bits per heavy atom. The fraction of sp³-hybridized carbons (Fsp3) is 0.556. The van der Waals surface area contributed by atoms with E-state index in [4.69, 9.17) is 4.74 Å². The maximum atomic E-state index is 12.8. The van der Waals surface area contributed by atoms with Gasteiger partial charge in [-0.25, -0.2) is 4.79 Å². The Hall–Kier alpha value is -2.64. The van der Waals surface area contributed by atoms with Gasteiger partial charge in [0.05, 0.1) is 6.04 Å². The van der Waals surface area contributed by atoms with Gasteiger partial charge in [-0.15, -0.1) is 0 Å². The van der Waals surface area contributed by atoms with Gasteiger partial charge in [-0.3, -0.25) is 19.5 Å². The van der Waals surface area contributed by atoms with Crippen molar-refractivity contribution in [3.05, 3.63) is 30.1 Å². The molecule has 1 atom stereocenters. The van der Waals surface area contributed by atoms with E-state index in [1.165, 1.54) is 0 Å². The predicted molar refractivity (Wildman–Crippen MR) is 91.3 cm³/mol. The highest BCUT2D eigenvalue weighted by Gasteiger charge is 2.40. The summed E-state index contributed by atoms with van der Waals surface area (Å²) in [4.78, 5) is 46.2. The monoisotopic (exact) mass is 358 g/mol. The van der Waals surface area contributed by atoms with Crippen molar-refractivity contribution in [3.63, 3.8) is 0 Å². The molecule has 0 radical (unpaired) electrons. The van der Waals surface area contributed by atoms with Crippen LogP contribution in [0.2, 0.25) is 0 Å². The van der Waals surface area contributed by atoms with Crippen LogP contribution in [0, 0.1) is 5.92 Å². The summed E-state index contributed by atoms with van der Waals surface area (Å²) >= 11 is 0. The second kappa shape index (κ2) is 6.93. The quantitative estimate of drug-likeness (QED) is 0.773. The first kappa shape index (κ1) is 16.8. The van der Waals surface area contributed by atoms with E-state index >= 15 is 0 Å². The van der Waals surface area contributed by atoms with Gasteiger partial charge in [0.1, 0.15) is 6.61 Å². The molecule has 0 spiro atoms. The lowest BCUT2D eigenvalue weighted by Gasteiger charge is -2.39. The Balaban J connectivity index is 1.31. The maximum absolute atomic E-state index is 12.8. The van der Waals surface area contributed by atoms with E-state index in [-0.39, 0.29) is 29.9 Å². The smallest absolute Gasteiger partial charge is 0.410 e. The summed E-state index contributed by atoms with van der Waals surface area (Å²) in [5, 5.41) is 0. The second-order valence-corrected chi connectivity index (χ2v) is 7.01. The Morgan fingerprint density at radius 2 is 1.77 bits per heavy atom. The number of hydrogen-bond donors (Lipinski definition) is 0. The number of hydrogen-bond acceptors (Lipinski definition) is 5. The molecule has 4 heterocycles. The topological polar surface area (TPSA) is 83.1 Å². The van der Waals surface area contributed by atoms with E-state index in [1.807, 2.05) is 4.90 Å². The zero-order chi connectivity index (χ0) is 18.1. The Bertz CT molecular complexity index is 702. The molecule has 3 fully saturated rings. The highest BCUT2D eigenvalue weighted by molar-refractivity contribution is 5.94. The van der Waals surface area contributed by atoms with Gasteiger partial charge < -0.3 is 14.5 Å². The molecule has 3 aliphatic heterocycles. The number of amides is 3. The van der Waals surface area contributed by atoms with Crippen molar-refractivity contribution in [1.29, 1.82) is 0 Å². The third-order valence-electron chi connectivity index (χ3n) is 5.49. The number of fused-ring (bicyclic) bond motifs is 1. The van der Waals surface area contributed by atoms with Gasteiger partial charge in [0.25, 0.3) is 5.91 Å². The van der Waals surface area contributed by atoms with Crippen LogP contribution in [0.1, 0.15) is 23.2 Å². The zero-order valence-electron chi connectivity index (χ0n) is 14.5. The number of cyclic esters (lactones) is 1. The summed E-state index contributed by atoms with van der Waals surface area (Å²) in [6, 6.07) is 3.40. The first-order valence-corrected chi connectivity index (χ1v) is 9.05. The molecule has 1 aromatic rings. The highest BCUT2D eigenvalue weighted by Crippen LogP contribution is 2.24. The summed E-state index contributed by atoms with van der Waals surface area (Å²) in [7, 11) is 0. The number of piperidine rings is 1. The molecule has 8 nitrogen and oxygen atoms in total. The minimum Gasteiger partial charge on any atom is -0.447 e. The van der Waals surface area contributed by atoms with Gasteiger partial charge in [0.2, 0.25) is 5.91 Å². The number of rotatable bonds is 2. The van der Waals surface area contributed by atoms with Crippen molar-refractivity contribution < 1.29 is 19.1 Å². The van der Waals surface area contributed by atoms with Gasteiger partial charge in [-0.2, -0.15) is 0 Å². The number of carbonyl (C=O) groups is 3. The molecule has 0 aromatic carbocycles. The van der Waals surface area contributed by atoms with Crippen molar-refractivity contribution in [2.24, 2.45) is 5.92 Å². The molecule has 0 unspecified atom stereocenters. The van der Waals surface area contributed by atoms with Crippen molar-refractivity contribution in [1.82, 2.24) is 19.7 Å². The van der Waals surface area contributed by atoms with Crippen LogP contribution < -0.4 is 0 Å². The van der Waals surface area contributed by atoms with Crippen LogP contribution in [0.5, 0.6) is 0 Å². The molecule has 3 saturated heterocycles. The van der Waals surface area contributed by atoms with E-state index in [2.05, 4.69) is 4.98 Å². The van der Waals surface area contributed by atoms with E-state index in [0.717, 1.165) is 0 Å². The molecule has 3 amide bonds. The Kier molecular flexibility index (Phi) is 4.48. The van der Waals surface area contributed by atoms with E-state index in [9.17, 15) is 14.4 Å². The lowest BCUT2D eigenvalue weighted by Crippen LogP contribution is -2.55. The number of nitrogens with zero attached hydrogens (tertiary/aromatic N) is 4. The standard InChI is InChI=1S/C18H22N4O4/c23-16(13-1-5-19-6-2-13)20-7-3-14(4-8-20)17(24)21-9-10-22-15(11-21)12-26-18(22)25/h1-2,5-6,14-15H,3-4,7-12H2/t15-/m0/s1. The van der Waals surface area contributed by atoms with E-state index in [0.29, 0.717) is 57.7 Å². The fourth-order valence-corrected chi connectivity index (χ4v) is 3.95. The minimum absolute atomic E-state index is 0.00599. The normalized spacial score (nSPS) is 23.6. The average molecular weight is 358 g/mol. The molecule has 0 aliphatic carbocycles. The molecule has 1 aromatic heterocycles. The van der Waals surface area contributed by atoms with E-state index < -0.39 is 0 Å². The average Bonchev–Trinajstić information content (AvgIpc) is 3.08. The highest BCUT2D eigenvalue weighted by atomic mass is 16.6. The number of likely N-dealkylation sites (tertiary alicyclic amines) is 1. The largest absolute Gasteiger partial charge is 0.447 e. The lowest BCUT2D eigenvalue weighted by molar-refractivity contribution is -0.139. The molecule has 0 N–H and O–H groups in total. The number of pyridine rings is 1. The summed E-state index contributed by atoms with van der Waals surface area (Å²) in [5.41, 5.74) is 0.631. The summed E-state index contributed by atoms with van der Waals surface area (Å²) in [6.07, 6.45) is 4.30. The number of carbonyl (C=O) groups excluding carboxylic acids is 3. The van der Waals surface area contributed by atoms with Crippen molar-refractivity contribution in [2.45, 2.75) is 18.9 Å². The van der Waals surface area contributed by atoms with Crippen molar-refractivity contribution >= 4 is 17.9 Å². The van der Waals surface area contributed by atoms with Gasteiger partial charge in [0, 0.05) is 56.6 Å². The SMILES string of the molecule is O=C(c1ccncc1)N1CCC(C(=O)N2CCN3C(=O)OC[C@@H]3C2)CC1. The molecule has 138 valence electrons. The maximum Gasteiger partial charge on any atom is 0.410 e. The second-order valence-electron chi connectivity index (χ2n) is 7.01. The molecular formula is C18H22N4O4. The molecule has 8 heteroatoms. The molecular weight excluding hydrogens is 336 g/mol. The van der Waals surface area contributed by atoms with Crippen LogP contribution in [0.25, 0.3) is 0 Å². The summed E-state index contributed by atoms with van der Waals surface area (Å²) in [6.45, 7) is 3.17. The van der Waals surface area contributed by atoms with Gasteiger partial charge in [-0.05, 0) is 25.0 Å². The van der Waals surface area contributed by atoms with Crippen LogP contribution in [0.15, 0.2) is 24.5 Å². The predicted octanol–water partition coefficient (Wildman–Crippen LogP) is 0.597. The van der Waals surface area contributed by atoms with Gasteiger partial charge in [0.15, 0.2) is 0 Å². The summed E-state index contributed by atoms with van der Waals surface area (Å²) < 4.78 is 5.06. The number of aromatic nitrogens is 1. The van der Waals surface area contributed by atoms with Crippen LogP contribution >= 0.6 is 0 Å². The first-order valence-electron chi connectivity index (χ1n) is 9.05. The van der Waals surface area contributed by atoms with Gasteiger partial charge in [-0.1, -0.05) is 0 Å². The third-order valence-corrected chi connectivity index (χ3v) is 5.49. The molecule has 0 saturated carbocycles. The summed E-state index contributed by atoms with van der Waals surface area (Å²) in [5.74, 6) is 0.0783. The third kappa shape index (κ3) is 3.11. The first-order chi connectivity index (χ1) is 12.6. The zero-order valence-corrected chi connectivity index (χ0v) is 14.5. The molecule has 3 aliphatic rings. The lowest BCUT2D eigenvalue weighted by atomic mass is 9.94. The fourth-order valence-electron chi connectivity index (χ4n) is 3.95. The minimum atomic E-state index is -0.273. The van der Waals surface area contributed by atoms with Gasteiger partial charge >= 0.3 is 6.09 Å². The van der Waals surface area contributed by atoms with Crippen molar-refractivity contribution in [2.75, 3.05) is 39.3 Å². The van der Waals surface area contributed by atoms with Crippen LogP contribution in [0.3, 0.4) is 0 Å². The van der Waals surface area contributed by atoms with Crippen LogP contribution in [0.4, 0.5) is 4.79 Å². The number of ether oxygens (including phenoxy) is 1. The molecule has 0 bridgehead atoms. The van der Waals surface area contributed by atoms with E-state index in [1.54, 1.807) is 34.3 Å². The number of piperazine rings is 1. The van der Waals surface area contributed by atoms with Crippen LogP contribution in [-0.4, -0.2) is 83.0 Å². The van der Waals surface area contributed by atoms with Crippen LogP contribution in [-0.2, 0) is 9.53 Å². The Morgan fingerprint density at radius 3 is 2.50 bits per heavy atom. The Labute approximate surface area is 151 Å².